The quantitative estimate of drug-likeness (QED) is 0.831. The van der Waals surface area contributed by atoms with E-state index in [1.165, 1.54) is 18.5 Å². The molecule has 0 bridgehead atoms. The number of aromatic nitrogens is 2. The first-order valence-corrected chi connectivity index (χ1v) is 5.61. The molecule has 5 heteroatoms. The number of rotatable bonds is 4. The van der Waals surface area contributed by atoms with Gasteiger partial charge in [-0.1, -0.05) is 0 Å². The van der Waals surface area contributed by atoms with E-state index in [-0.39, 0.29) is 16.9 Å². The Hall–Kier alpha value is -2.43. The summed E-state index contributed by atoms with van der Waals surface area (Å²) < 4.78 is 0. The summed E-state index contributed by atoms with van der Waals surface area (Å²) in [4.78, 5) is 29.8. The van der Waals surface area contributed by atoms with Crippen molar-refractivity contribution in [2.24, 2.45) is 0 Å². The van der Waals surface area contributed by atoms with Crippen LogP contribution < -0.4 is 10.7 Å². The van der Waals surface area contributed by atoms with Crippen molar-refractivity contribution in [2.75, 3.05) is 6.54 Å². The summed E-state index contributed by atoms with van der Waals surface area (Å²) in [6.45, 7) is 0.483. The van der Waals surface area contributed by atoms with E-state index >= 15 is 0 Å². The lowest BCUT2D eigenvalue weighted by atomic mass is 10.2. The summed E-state index contributed by atoms with van der Waals surface area (Å²) in [7, 11) is 0. The van der Waals surface area contributed by atoms with E-state index in [2.05, 4.69) is 15.3 Å². The SMILES string of the molecule is O=C(NCCc1ccncc1)c1c[nH]ccc1=O. The number of hydrogen-bond acceptors (Lipinski definition) is 3. The molecule has 1 amide bonds. The van der Waals surface area contributed by atoms with E-state index in [1.54, 1.807) is 12.4 Å². The molecule has 18 heavy (non-hydrogen) atoms. The van der Waals surface area contributed by atoms with Crippen molar-refractivity contribution in [1.29, 1.82) is 0 Å². The Kier molecular flexibility index (Phi) is 3.86. The number of carbonyl (C=O) groups excluding carboxylic acids is 1. The number of H-pyrrole nitrogens is 1. The van der Waals surface area contributed by atoms with Gasteiger partial charge in [0, 0.05) is 37.4 Å². The van der Waals surface area contributed by atoms with Gasteiger partial charge in [0.2, 0.25) is 0 Å². The zero-order chi connectivity index (χ0) is 12.8. The van der Waals surface area contributed by atoms with Crippen molar-refractivity contribution in [2.45, 2.75) is 6.42 Å². The van der Waals surface area contributed by atoms with Crippen LogP contribution in [0.2, 0.25) is 0 Å². The number of amides is 1. The lowest BCUT2D eigenvalue weighted by Crippen LogP contribution is -2.30. The van der Waals surface area contributed by atoms with Crippen LogP contribution in [0.15, 0.2) is 47.8 Å². The van der Waals surface area contributed by atoms with Crippen molar-refractivity contribution in [3.63, 3.8) is 0 Å². The predicted octanol–water partition coefficient (Wildman–Crippen LogP) is 0.742. The molecule has 0 radical (unpaired) electrons. The molecule has 0 spiro atoms. The van der Waals surface area contributed by atoms with Crippen molar-refractivity contribution in [1.82, 2.24) is 15.3 Å². The number of carbonyl (C=O) groups is 1. The second-order valence-corrected chi connectivity index (χ2v) is 3.78. The second-order valence-electron chi connectivity index (χ2n) is 3.78. The molecule has 2 N–H and O–H groups in total. The lowest BCUT2D eigenvalue weighted by Gasteiger charge is -2.04. The average molecular weight is 243 g/mol. The van der Waals surface area contributed by atoms with E-state index in [0.29, 0.717) is 13.0 Å². The number of pyridine rings is 2. The maximum atomic E-state index is 11.7. The van der Waals surface area contributed by atoms with Crippen LogP contribution in [0.5, 0.6) is 0 Å². The van der Waals surface area contributed by atoms with Crippen LogP contribution in [0, 0.1) is 0 Å². The summed E-state index contributed by atoms with van der Waals surface area (Å²) in [5.41, 5.74) is 0.940. The molecule has 0 unspecified atom stereocenters. The van der Waals surface area contributed by atoms with Gasteiger partial charge in [0.25, 0.3) is 5.91 Å². The smallest absolute Gasteiger partial charge is 0.256 e. The highest BCUT2D eigenvalue weighted by atomic mass is 16.2. The topological polar surface area (TPSA) is 74.8 Å². The van der Waals surface area contributed by atoms with Gasteiger partial charge >= 0.3 is 0 Å². The van der Waals surface area contributed by atoms with Gasteiger partial charge < -0.3 is 10.3 Å². The van der Waals surface area contributed by atoms with Crippen molar-refractivity contribution >= 4 is 5.91 Å². The third kappa shape index (κ3) is 3.04. The first-order chi connectivity index (χ1) is 8.77. The highest BCUT2D eigenvalue weighted by molar-refractivity contribution is 5.93. The summed E-state index contributed by atoms with van der Waals surface area (Å²) in [5.74, 6) is -0.356. The third-order valence-electron chi connectivity index (χ3n) is 2.52. The van der Waals surface area contributed by atoms with E-state index in [9.17, 15) is 9.59 Å². The highest BCUT2D eigenvalue weighted by Gasteiger charge is 2.08. The Bertz CT molecular complexity index is 578. The molecule has 2 aromatic heterocycles. The maximum absolute atomic E-state index is 11.7. The third-order valence-corrected chi connectivity index (χ3v) is 2.52. The molecule has 2 heterocycles. The van der Waals surface area contributed by atoms with Gasteiger partial charge in [-0.15, -0.1) is 0 Å². The Balaban J connectivity index is 1.90. The van der Waals surface area contributed by atoms with Crippen LogP contribution in [-0.4, -0.2) is 22.4 Å². The largest absolute Gasteiger partial charge is 0.367 e. The minimum Gasteiger partial charge on any atom is -0.367 e. The highest BCUT2D eigenvalue weighted by Crippen LogP contribution is 1.96. The molecule has 0 aliphatic carbocycles. The molecule has 2 rings (SSSR count). The van der Waals surface area contributed by atoms with E-state index < -0.39 is 0 Å². The zero-order valence-electron chi connectivity index (χ0n) is 9.72. The summed E-state index contributed by atoms with van der Waals surface area (Å²) >= 11 is 0. The molecule has 92 valence electrons. The molecule has 5 nitrogen and oxygen atoms in total. The predicted molar refractivity (Wildman–Crippen MR) is 67.3 cm³/mol. The minimum absolute atomic E-state index is 0.132. The van der Waals surface area contributed by atoms with Crippen LogP contribution in [-0.2, 0) is 6.42 Å². The fourth-order valence-electron chi connectivity index (χ4n) is 1.56. The number of nitrogens with one attached hydrogen (secondary N) is 2. The van der Waals surface area contributed by atoms with Crippen LogP contribution in [0.1, 0.15) is 15.9 Å². The first kappa shape index (κ1) is 12.0. The molecule has 0 atom stereocenters. The molecule has 0 aliphatic rings. The average Bonchev–Trinajstić information content (AvgIpc) is 2.40. The van der Waals surface area contributed by atoms with Gasteiger partial charge in [0.05, 0.1) is 0 Å². The van der Waals surface area contributed by atoms with Gasteiger partial charge in [0.1, 0.15) is 5.56 Å². The van der Waals surface area contributed by atoms with Gasteiger partial charge in [-0.25, -0.2) is 0 Å². The van der Waals surface area contributed by atoms with Crippen LogP contribution in [0.3, 0.4) is 0 Å². The van der Waals surface area contributed by atoms with E-state index in [1.807, 2.05) is 12.1 Å². The molecule has 0 saturated carbocycles. The van der Waals surface area contributed by atoms with Crippen molar-refractivity contribution in [3.05, 3.63) is 64.3 Å². The minimum atomic E-state index is -0.356. The van der Waals surface area contributed by atoms with Crippen LogP contribution in [0.25, 0.3) is 0 Å². The monoisotopic (exact) mass is 243 g/mol. The van der Waals surface area contributed by atoms with E-state index in [4.69, 9.17) is 0 Å². The molecule has 2 aromatic rings. The molecular formula is C13H13N3O2. The maximum Gasteiger partial charge on any atom is 0.256 e. The molecule has 0 aromatic carbocycles. The van der Waals surface area contributed by atoms with Gasteiger partial charge in [-0.05, 0) is 24.1 Å². The standard InChI is InChI=1S/C13H13N3O2/c17-12-4-7-15-9-11(12)13(18)16-8-3-10-1-5-14-6-2-10/h1-2,4-7,9H,3,8H2,(H,15,17)(H,16,18). The van der Waals surface area contributed by atoms with Crippen LogP contribution >= 0.6 is 0 Å². The van der Waals surface area contributed by atoms with Gasteiger partial charge in [-0.2, -0.15) is 0 Å². The lowest BCUT2D eigenvalue weighted by molar-refractivity contribution is 0.0952. The molecule has 0 fully saturated rings. The van der Waals surface area contributed by atoms with Gasteiger partial charge in [0.15, 0.2) is 5.43 Å². The Labute approximate surface area is 104 Å². The van der Waals surface area contributed by atoms with Gasteiger partial charge in [-0.3, -0.25) is 14.6 Å². The molecular weight excluding hydrogens is 230 g/mol. The summed E-state index contributed by atoms with van der Waals surface area (Å²) in [6.07, 6.45) is 7.03. The van der Waals surface area contributed by atoms with Crippen molar-refractivity contribution in [3.8, 4) is 0 Å². The fourth-order valence-corrected chi connectivity index (χ4v) is 1.56. The first-order valence-electron chi connectivity index (χ1n) is 5.61. The Morgan fingerprint density at radius 3 is 2.78 bits per heavy atom. The fraction of sp³-hybridized carbons (Fsp3) is 0.154. The number of aromatic amines is 1. The Morgan fingerprint density at radius 2 is 2.06 bits per heavy atom. The number of nitrogens with zero attached hydrogens (tertiary/aromatic N) is 1. The Morgan fingerprint density at radius 1 is 1.28 bits per heavy atom. The van der Waals surface area contributed by atoms with E-state index in [0.717, 1.165) is 5.56 Å². The number of hydrogen-bond donors (Lipinski definition) is 2. The normalized spacial score (nSPS) is 10.0. The molecule has 0 aliphatic heterocycles. The second kappa shape index (κ2) is 5.77. The zero-order valence-corrected chi connectivity index (χ0v) is 9.72. The summed E-state index contributed by atoms with van der Waals surface area (Å²) in [6, 6.07) is 5.11. The summed E-state index contributed by atoms with van der Waals surface area (Å²) in [5, 5.41) is 2.71. The van der Waals surface area contributed by atoms with Crippen molar-refractivity contribution < 1.29 is 4.79 Å². The molecule has 0 saturated heterocycles. The van der Waals surface area contributed by atoms with Crippen LogP contribution in [0.4, 0.5) is 0 Å².